The maximum atomic E-state index is 12.2. The number of carbonyl (C=O) groups is 2. The number of carbonyl (C=O) groups excluding carboxylic acids is 2. The normalized spacial score (nSPS) is 24.0. The van der Waals surface area contributed by atoms with Crippen molar-refractivity contribution in [1.29, 1.82) is 0 Å². The monoisotopic (exact) mass is 324 g/mol. The lowest BCUT2D eigenvalue weighted by molar-refractivity contribution is 0.102. The van der Waals surface area contributed by atoms with Crippen molar-refractivity contribution in [2.45, 2.75) is 58.4 Å². The lowest BCUT2D eigenvalue weighted by Crippen LogP contribution is -2.49. The molecule has 132 valence electrons. The van der Waals surface area contributed by atoms with E-state index in [9.17, 15) is 9.59 Å². The van der Waals surface area contributed by atoms with E-state index in [-0.39, 0.29) is 18.1 Å². The Labute approximate surface area is 139 Å². The van der Waals surface area contributed by atoms with Gasteiger partial charge < -0.3 is 20.9 Å². The third kappa shape index (κ3) is 5.92. The summed E-state index contributed by atoms with van der Waals surface area (Å²) < 4.78 is 0. The highest BCUT2D eigenvalue weighted by Gasteiger charge is 2.32. The zero-order chi connectivity index (χ0) is 16.7. The van der Waals surface area contributed by atoms with Crippen LogP contribution in [0.15, 0.2) is 0 Å². The summed E-state index contributed by atoms with van der Waals surface area (Å²) in [4.78, 5) is 25.6. The Balaban J connectivity index is 1.57. The van der Waals surface area contributed by atoms with Crippen LogP contribution in [0.1, 0.15) is 52.4 Å². The molecule has 2 fully saturated rings. The van der Waals surface area contributed by atoms with E-state index >= 15 is 0 Å². The van der Waals surface area contributed by atoms with Gasteiger partial charge in [0.1, 0.15) is 0 Å². The number of nitrogens with one attached hydrogen (secondary N) is 3. The van der Waals surface area contributed by atoms with E-state index in [0.29, 0.717) is 19.0 Å². The summed E-state index contributed by atoms with van der Waals surface area (Å²) in [6.07, 6.45) is 7.23. The molecule has 0 aromatic rings. The smallest absolute Gasteiger partial charge is 0.317 e. The second kappa shape index (κ2) is 8.99. The van der Waals surface area contributed by atoms with Crippen LogP contribution in [0.3, 0.4) is 0 Å². The van der Waals surface area contributed by atoms with E-state index in [1.54, 1.807) is 0 Å². The molecule has 0 bridgehead atoms. The van der Waals surface area contributed by atoms with E-state index in [2.05, 4.69) is 16.0 Å². The van der Waals surface area contributed by atoms with E-state index in [0.717, 1.165) is 31.8 Å². The third-order valence-corrected chi connectivity index (χ3v) is 4.91. The van der Waals surface area contributed by atoms with Gasteiger partial charge in [0.2, 0.25) is 0 Å². The van der Waals surface area contributed by atoms with E-state index in [4.69, 9.17) is 0 Å². The Kier molecular flexibility index (Phi) is 6.99. The molecule has 0 aromatic heterocycles. The molecule has 3 N–H and O–H groups in total. The highest BCUT2D eigenvalue weighted by atomic mass is 16.2. The summed E-state index contributed by atoms with van der Waals surface area (Å²) in [5, 5.41) is 8.54. The quantitative estimate of drug-likeness (QED) is 0.679. The number of amides is 4. The maximum absolute atomic E-state index is 12.2. The van der Waals surface area contributed by atoms with Gasteiger partial charge in [-0.2, -0.15) is 0 Å². The van der Waals surface area contributed by atoms with Crippen LogP contribution >= 0.6 is 0 Å². The van der Waals surface area contributed by atoms with E-state index in [1.165, 1.54) is 25.7 Å². The zero-order valence-electron chi connectivity index (χ0n) is 14.6. The molecule has 2 unspecified atom stereocenters. The minimum Gasteiger partial charge on any atom is -0.338 e. The summed E-state index contributed by atoms with van der Waals surface area (Å²) in [6.45, 7) is 6.84. The number of hydrogen-bond donors (Lipinski definition) is 3. The Morgan fingerprint density at radius 3 is 2.48 bits per heavy atom. The summed E-state index contributed by atoms with van der Waals surface area (Å²) >= 11 is 0. The molecule has 23 heavy (non-hydrogen) atoms. The van der Waals surface area contributed by atoms with Crippen molar-refractivity contribution < 1.29 is 9.59 Å². The van der Waals surface area contributed by atoms with Gasteiger partial charge in [-0.3, -0.25) is 0 Å². The predicted octanol–water partition coefficient (Wildman–Crippen LogP) is 2.31. The highest BCUT2D eigenvalue weighted by Crippen LogP contribution is 2.35. The SMILES string of the molecule is CC(C)NC(=O)NCCCNC(=O)N1CCC2CCCCC2C1. The summed E-state index contributed by atoms with van der Waals surface area (Å²) in [7, 11) is 0. The fourth-order valence-electron chi connectivity index (χ4n) is 3.70. The van der Waals surface area contributed by atoms with Gasteiger partial charge in [0.25, 0.3) is 0 Å². The first kappa shape index (κ1) is 17.9. The predicted molar refractivity (Wildman–Crippen MR) is 91.3 cm³/mol. The fourth-order valence-corrected chi connectivity index (χ4v) is 3.70. The molecule has 6 heteroatoms. The molecule has 1 saturated heterocycles. The lowest BCUT2D eigenvalue weighted by atomic mass is 9.75. The molecule has 0 spiro atoms. The van der Waals surface area contributed by atoms with Crippen LogP contribution in [0.4, 0.5) is 9.59 Å². The van der Waals surface area contributed by atoms with Crippen molar-refractivity contribution in [3.8, 4) is 0 Å². The molecule has 0 aromatic carbocycles. The summed E-state index contributed by atoms with van der Waals surface area (Å²) in [5.41, 5.74) is 0. The largest absolute Gasteiger partial charge is 0.338 e. The Morgan fingerprint density at radius 2 is 1.74 bits per heavy atom. The molecule has 2 rings (SSSR count). The van der Waals surface area contributed by atoms with Gasteiger partial charge in [-0.25, -0.2) is 9.59 Å². The second-order valence-corrected chi connectivity index (χ2v) is 7.18. The molecule has 1 heterocycles. The number of nitrogens with zero attached hydrogens (tertiary/aromatic N) is 1. The minimum absolute atomic E-state index is 0.0562. The van der Waals surface area contributed by atoms with Gasteiger partial charge in [0.05, 0.1) is 0 Å². The van der Waals surface area contributed by atoms with Crippen molar-refractivity contribution in [1.82, 2.24) is 20.9 Å². The number of likely N-dealkylation sites (tertiary alicyclic amines) is 1. The Hall–Kier alpha value is -1.46. The molecule has 6 nitrogen and oxygen atoms in total. The third-order valence-electron chi connectivity index (χ3n) is 4.91. The van der Waals surface area contributed by atoms with Crippen molar-refractivity contribution >= 4 is 12.1 Å². The van der Waals surface area contributed by atoms with Crippen LogP contribution in [0.25, 0.3) is 0 Å². The molecule has 4 amide bonds. The zero-order valence-corrected chi connectivity index (χ0v) is 14.6. The first-order valence-corrected chi connectivity index (χ1v) is 9.13. The van der Waals surface area contributed by atoms with Crippen LogP contribution in [0, 0.1) is 11.8 Å². The van der Waals surface area contributed by atoms with Crippen LogP contribution in [-0.2, 0) is 0 Å². The Bertz CT molecular complexity index is 400. The van der Waals surface area contributed by atoms with Gasteiger partial charge in [0.15, 0.2) is 0 Å². The standard InChI is InChI=1S/C17H32N4O2/c1-13(2)20-16(22)18-9-5-10-19-17(23)21-11-8-14-6-3-4-7-15(14)12-21/h13-15H,3-12H2,1-2H3,(H,19,23)(H2,18,20,22). The topological polar surface area (TPSA) is 73.5 Å². The molecule has 1 saturated carbocycles. The number of piperidine rings is 1. The number of urea groups is 2. The van der Waals surface area contributed by atoms with E-state index in [1.807, 2.05) is 18.7 Å². The maximum Gasteiger partial charge on any atom is 0.317 e. The second-order valence-electron chi connectivity index (χ2n) is 7.18. The number of rotatable bonds is 5. The van der Waals surface area contributed by atoms with Gasteiger partial charge in [-0.1, -0.05) is 19.3 Å². The van der Waals surface area contributed by atoms with Crippen molar-refractivity contribution in [2.75, 3.05) is 26.2 Å². The van der Waals surface area contributed by atoms with Gasteiger partial charge in [-0.15, -0.1) is 0 Å². The summed E-state index contributed by atoms with van der Waals surface area (Å²) in [6, 6.07) is 0.0452. The molecule has 2 atom stereocenters. The molecular formula is C17H32N4O2. The molecule has 0 radical (unpaired) electrons. The molecule has 1 aliphatic carbocycles. The highest BCUT2D eigenvalue weighted by molar-refractivity contribution is 5.74. The molecular weight excluding hydrogens is 292 g/mol. The lowest BCUT2D eigenvalue weighted by Gasteiger charge is -2.41. The van der Waals surface area contributed by atoms with Crippen molar-refractivity contribution in [3.63, 3.8) is 0 Å². The number of fused-ring (bicyclic) bond motifs is 1. The van der Waals surface area contributed by atoms with Gasteiger partial charge in [0, 0.05) is 32.2 Å². The van der Waals surface area contributed by atoms with E-state index < -0.39 is 0 Å². The van der Waals surface area contributed by atoms with Crippen LogP contribution in [0.5, 0.6) is 0 Å². The van der Waals surface area contributed by atoms with Crippen molar-refractivity contribution in [3.05, 3.63) is 0 Å². The van der Waals surface area contributed by atoms with Crippen LogP contribution in [0.2, 0.25) is 0 Å². The first-order chi connectivity index (χ1) is 11.1. The van der Waals surface area contributed by atoms with Gasteiger partial charge in [-0.05, 0) is 44.9 Å². The average molecular weight is 324 g/mol. The average Bonchev–Trinajstić information content (AvgIpc) is 2.53. The fraction of sp³-hybridized carbons (Fsp3) is 0.882. The van der Waals surface area contributed by atoms with Crippen molar-refractivity contribution in [2.24, 2.45) is 11.8 Å². The summed E-state index contributed by atoms with van der Waals surface area (Å²) in [5.74, 6) is 1.56. The molecule has 1 aliphatic heterocycles. The molecule has 2 aliphatic rings. The van der Waals surface area contributed by atoms with Gasteiger partial charge >= 0.3 is 12.1 Å². The first-order valence-electron chi connectivity index (χ1n) is 9.13. The van der Waals surface area contributed by atoms with Crippen LogP contribution in [-0.4, -0.2) is 49.2 Å². The minimum atomic E-state index is -0.148. The number of hydrogen-bond acceptors (Lipinski definition) is 2. The van der Waals surface area contributed by atoms with Crippen LogP contribution < -0.4 is 16.0 Å². The Morgan fingerprint density at radius 1 is 1.04 bits per heavy atom.